The third kappa shape index (κ3) is 4.37. The number of hydrogen-bond donors (Lipinski definition) is 2. The summed E-state index contributed by atoms with van der Waals surface area (Å²) >= 11 is 0. The predicted octanol–water partition coefficient (Wildman–Crippen LogP) is 2.50. The predicted molar refractivity (Wildman–Crippen MR) is 82.9 cm³/mol. The molecular formula is C16H8F3N5O3. The van der Waals surface area contributed by atoms with Crippen molar-refractivity contribution in [3.05, 3.63) is 59.3 Å². The first kappa shape index (κ1) is 17.9. The Morgan fingerprint density at radius 3 is 2.37 bits per heavy atom. The summed E-state index contributed by atoms with van der Waals surface area (Å²) in [4.78, 5) is 18.0. The molecule has 11 heteroatoms. The van der Waals surface area contributed by atoms with E-state index < -0.39 is 17.7 Å². The van der Waals surface area contributed by atoms with Gasteiger partial charge in [-0.25, -0.2) is 19.9 Å². The van der Waals surface area contributed by atoms with E-state index >= 15 is 0 Å². The molecule has 2 aromatic heterocycles. The molecule has 2 N–H and O–H groups in total. The highest BCUT2D eigenvalue weighted by atomic mass is 19.4. The monoisotopic (exact) mass is 375 g/mol. The van der Waals surface area contributed by atoms with Gasteiger partial charge >= 0.3 is 12.1 Å². The molecule has 0 atom stereocenters. The normalized spacial score (nSPS) is 10.8. The van der Waals surface area contributed by atoms with E-state index in [1.807, 2.05) is 0 Å². The molecule has 0 aliphatic rings. The molecule has 0 spiro atoms. The van der Waals surface area contributed by atoms with Crippen LogP contribution in [0.4, 0.5) is 13.2 Å². The number of aromatic nitrogens is 5. The molecule has 0 amide bonds. The first-order valence-electron chi connectivity index (χ1n) is 7.16. The van der Waals surface area contributed by atoms with E-state index in [1.54, 1.807) is 12.1 Å². The number of nitrogens with one attached hydrogen (secondary N) is 1. The average molecular weight is 375 g/mol. The van der Waals surface area contributed by atoms with Gasteiger partial charge in [0.2, 0.25) is 11.5 Å². The van der Waals surface area contributed by atoms with Gasteiger partial charge in [0.1, 0.15) is 5.75 Å². The van der Waals surface area contributed by atoms with Gasteiger partial charge < -0.3 is 9.84 Å². The van der Waals surface area contributed by atoms with Crippen molar-refractivity contribution in [3.8, 4) is 23.5 Å². The van der Waals surface area contributed by atoms with Crippen molar-refractivity contribution in [2.24, 2.45) is 0 Å². The molecule has 0 aliphatic heterocycles. The summed E-state index contributed by atoms with van der Waals surface area (Å²) in [5, 5.41) is 18.0. The Balaban J connectivity index is 1.70. The number of rotatable bonds is 3. The Hall–Kier alpha value is -3.94. The fourth-order valence-electron chi connectivity index (χ4n) is 1.81. The largest absolute Gasteiger partial charge is 0.476 e. The summed E-state index contributed by atoms with van der Waals surface area (Å²) in [5.41, 5.74) is -0.731. The molecule has 0 radical (unpaired) electrons. The van der Waals surface area contributed by atoms with Gasteiger partial charge in [0.05, 0.1) is 5.56 Å². The molecule has 27 heavy (non-hydrogen) atoms. The van der Waals surface area contributed by atoms with Gasteiger partial charge in [0.25, 0.3) is 5.88 Å². The van der Waals surface area contributed by atoms with Crippen LogP contribution in [0.25, 0.3) is 0 Å². The fourth-order valence-corrected chi connectivity index (χ4v) is 1.81. The van der Waals surface area contributed by atoms with Gasteiger partial charge in [0, 0.05) is 18.0 Å². The molecule has 1 aromatic carbocycles. The highest BCUT2D eigenvalue weighted by Gasteiger charge is 2.31. The van der Waals surface area contributed by atoms with Gasteiger partial charge in [-0.15, -0.1) is 0 Å². The molecule has 0 saturated heterocycles. The number of alkyl halides is 3. The summed E-state index contributed by atoms with van der Waals surface area (Å²) in [7, 11) is 0. The number of aromatic carboxylic acids is 1. The molecular weight excluding hydrogens is 367 g/mol. The maximum atomic E-state index is 12.4. The van der Waals surface area contributed by atoms with Crippen molar-refractivity contribution in [2.75, 3.05) is 0 Å². The SMILES string of the molecule is O=C(O)c1[nH]nnc1Oc1ccc(C#Cc2ncc(C(F)(F)F)cn2)cc1. The molecule has 2 heterocycles. The molecule has 136 valence electrons. The number of benzene rings is 1. The second kappa shape index (κ2) is 7.12. The number of halogens is 3. The number of carbonyl (C=O) groups is 1. The third-order valence-electron chi connectivity index (χ3n) is 3.10. The summed E-state index contributed by atoms with van der Waals surface area (Å²) in [5.74, 6) is 4.01. The number of H-pyrrole nitrogens is 1. The van der Waals surface area contributed by atoms with Gasteiger partial charge in [0.15, 0.2) is 0 Å². The molecule has 0 bridgehead atoms. The van der Waals surface area contributed by atoms with Crippen molar-refractivity contribution >= 4 is 5.97 Å². The standard InChI is InChI=1S/C16H8F3N5O3/c17-16(18,19)10-7-20-12(21-8-10)6-3-9-1-4-11(5-2-9)27-14-13(15(25)26)22-24-23-14/h1-2,4-5,7-8H,(H,25,26)(H,22,23,24). The van der Waals surface area contributed by atoms with Gasteiger partial charge in [-0.3, -0.25) is 0 Å². The van der Waals surface area contributed by atoms with Crippen molar-refractivity contribution in [3.63, 3.8) is 0 Å². The van der Waals surface area contributed by atoms with Crippen molar-refractivity contribution in [1.29, 1.82) is 0 Å². The maximum absolute atomic E-state index is 12.4. The first-order chi connectivity index (χ1) is 12.8. The van der Waals surface area contributed by atoms with Crippen LogP contribution in [0, 0.1) is 11.8 Å². The summed E-state index contributed by atoms with van der Waals surface area (Å²) in [6.45, 7) is 0. The highest BCUT2D eigenvalue weighted by molar-refractivity contribution is 5.87. The summed E-state index contributed by atoms with van der Waals surface area (Å²) in [6.07, 6.45) is -3.19. The quantitative estimate of drug-likeness (QED) is 0.676. The number of nitrogens with zero attached hydrogens (tertiary/aromatic N) is 4. The Morgan fingerprint density at radius 1 is 1.11 bits per heavy atom. The number of carboxylic acids is 1. The van der Waals surface area contributed by atoms with Crippen LogP contribution in [0.15, 0.2) is 36.7 Å². The minimum atomic E-state index is -4.51. The van der Waals surface area contributed by atoms with Crippen LogP contribution in [0.1, 0.15) is 27.4 Å². The zero-order chi connectivity index (χ0) is 19.4. The minimum Gasteiger partial charge on any atom is -0.476 e. The Morgan fingerprint density at radius 2 is 1.78 bits per heavy atom. The molecule has 0 unspecified atom stereocenters. The number of ether oxygens (including phenoxy) is 1. The van der Waals surface area contributed by atoms with Crippen LogP contribution in [0.3, 0.4) is 0 Å². The van der Waals surface area contributed by atoms with E-state index in [-0.39, 0.29) is 17.4 Å². The fraction of sp³-hybridized carbons (Fsp3) is 0.0625. The van der Waals surface area contributed by atoms with Crippen LogP contribution in [0.2, 0.25) is 0 Å². The lowest BCUT2D eigenvalue weighted by Crippen LogP contribution is -2.06. The average Bonchev–Trinajstić information content (AvgIpc) is 3.09. The summed E-state index contributed by atoms with van der Waals surface area (Å²) < 4.78 is 42.6. The second-order valence-corrected chi connectivity index (χ2v) is 4.97. The van der Waals surface area contributed by atoms with Crippen LogP contribution in [-0.2, 0) is 6.18 Å². The van der Waals surface area contributed by atoms with Gasteiger partial charge in [-0.2, -0.15) is 13.2 Å². The van der Waals surface area contributed by atoms with Crippen molar-refractivity contribution in [2.45, 2.75) is 6.18 Å². The Bertz CT molecular complexity index is 1020. The van der Waals surface area contributed by atoms with E-state index in [0.29, 0.717) is 23.7 Å². The van der Waals surface area contributed by atoms with Crippen molar-refractivity contribution < 1.29 is 27.8 Å². The van der Waals surface area contributed by atoms with E-state index in [9.17, 15) is 18.0 Å². The zero-order valence-corrected chi connectivity index (χ0v) is 13.2. The van der Waals surface area contributed by atoms with Crippen LogP contribution >= 0.6 is 0 Å². The van der Waals surface area contributed by atoms with E-state index in [4.69, 9.17) is 9.84 Å². The van der Waals surface area contributed by atoms with E-state index in [2.05, 4.69) is 37.2 Å². The second-order valence-electron chi connectivity index (χ2n) is 4.97. The molecule has 8 nitrogen and oxygen atoms in total. The molecule has 3 rings (SSSR count). The highest BCUT2D eigenvalue weighted by Crippen LogP contribution is 2.27. The lowest BCUT2D eigenvalue weighted by Gasteiger charge is -2.03. The van der Waals surface area contributed by atoms with Crippen molar-refractivity contribution in [1.82, 2.24) is 25.4 Å². The molecule has 0 saturated carbocycles. The van der Waals surface area contributed by atoms with Crippen LogP contribution < -0.4 is 4.74 Å². The number of hydrogen-bond acceptors (Lipinski definition) is 6. The van der Waals surface area contributed by atoms with Gasteiger partial charge in [-0.1, -0.05) is 16.2 Å². The van der Waals surface area contributed by atoms with Crippen LogP contribution in [-0.4, -0.2) is 36.5 Å². The molecule has 3 aromatic rings. The first-order valence-corrected chi connectivity index (χ1v) is 7.16. The Labute approximate surface area is 149 Å². The topological polar surface area (TPSA) is 114 Å². The van der Waals surface area contributed by atoms with Crippen LogP contribution in [0.5, 0.6) is 11.6 Å². The summed E-state index contributed by atoms with van der Waals surface area (Å²) in [6, 6.07) is 6.15. The Kier molecular flexibility index (Phi) is 4.71. The van der Waals surface area contributed by atoms with E-state index in [1.165, 1.54) is 12.1 Å². The lowest BCUT2D eigenvalue weighted by molar-refractivity contribution is -0.138. The smallest absolute Gasteiger partial charge is 0.419 e. The maximum Gasteiger partial charge on any atom is 0.419 e. The lowest BCUT2D eigenvalue weighted by atomic mass is 10.2. The third-order valence-corrected chi connectivity index (χ3v) is 3.10. The molecule has 0 fully saturated rings. The molecule has 0 aliphatic carbocycles. The van der Waals surface area contributed by atoms with E-state index in [0.717, 1.165) is 0 Å². The minimum absolute atomic E-state index is 0.0583. The number of carboxylic acid groups (broad SMARTS) is 1. The number of aromatic amines is 1. The van der Waals surface area contributed by atoms with Gasteiger partial charge in [-0.05, 0) is 30.2 Å². The zero-order valence-electron chi connectivity index (χ0n) is 13.2.